The van der Waals surface area contributed by atoms with Gasteiger partial charge in [-0.2, -0.15) is 5.10 Å². The van der Waals surface area contributed by atoms with Crippen LogP contribution in [0.25, 0.3) is 5.69 Å². The van der Waals surface area contributed by atoms with Gasteiger partial charge in [0.05, 0.1) is 23.1 Å². The van der Waals surface area contributed by atoms with Crippen molar-refractivity contribution in [2.75, 3.05) is 5.32 Å². The van der Waals surface area contributed by atoms with E-state index in [0.29, 0.717) is 23.5 Å². The molecule has 0 aliphatic rings. The van der Waals surface area contributed by atoms with Gasteiger partial charge in [-0.25, -0.2) is 14.1 Å². The Hall–Kier alpha value is -3.02. The predicted molar refractivity (Wildman–Crippen MR) is 89.8 cm³/mol. The first-order valence-corrected chi connectivity index (χ1v) is 7.65. The highest BCUT2D eigenvalue weighted by Crippen LogP contribution is 2.18. The lowest BCUT2D eigenvalue weighted by atomic mass is 10.2. The average molecular weight is 324 g/mol. The highest BCUT2D eigenvalue weighted by molar-refractivity contribution is 6.04. The molecule has 24 heavy (non-hydrogen) atoms. The van der Waals surface area contributed by atoms with E-state index < -0.39 is 0 Å². The maximum atomic E-state index is 13.1. The molecule has 3 aromatic rings. The molecule has 2 aromatic heterocycles. The van der Waals surface area contributed by atoms with Crippen molar-refractivity contribution in [1.82, 2.24) is 14.8 Å². The second kappa shape index (κ2) is 6.62. The highest BCUT2D eigenvalue weighted by Gasteiger charge is 2.17. The summed E-state index contributed by atoms with van der Waals surface area (Å²) in [6.45, 7) is 3.88. The van der Waals surface area contributed by atoms with Crippen LogP contribution in [0, 0.1) is 12.7 Å². The standard InChI is InChI=1S/C18H17FN4O/c1-3-16-15(18(24)22-17-10-12(2)8-9-20-17)11-21-23(16)14-6-4-13(19)5-7-14/h4-11H,3H2,1-2H3,(H,20,22,24). The third-order valence-electron chi connectivity index (χ3n) is 3.68. The molecule has 122 valence electrons. The van der Waals surface area contributed by atoms with Gasteiger partial charge in [-0.1, -0.05) is 6.92 Å². The number of hydrogen-bond donors (Lipinski definition) is 1. The molecule has 0 spiro atoms. The Morgan fingerprint density at radius 1 is 1.25 bits per heavy atom. The summed E-state index contributed by atoms with van der Waals surface area (Å²) in [7, 11) is 0. The lowest BCUT2D eigenvalue weighted by Crippen LogP contribution is -2.15. The summed E-state index contributed by atoms with van der Waals surface area (Å²) in [5, 5.41) is 7.06. The maximum Gasteiger partial charge on any atom is 0.260 e. The van der Waals surface area contributed by atoms with E-state index in [1.807, 2.05) is 19.9 Å². The molecule has 0 unspecified atom stereocenters. The van der Waals surface area contributed by atoms with E-state index in [1.54, 1.807) is 29.1 Å². The molecule has 1 aromatic carbocycles. The monoisotopic (exact) mass is 324 g/mol. The van der Waals surface area contributed by atoms with Crippen LogP contribution in [0.5, 0.6) is 0 Å². The number of benzene rings is 1. The zero-order valence-electron chi connectivity index (χ0n) is 13.5. The van der Waals surface area contributed by atoms with Crippen molar-refractivity contribution in [2.24, 2.45) is 0 Å². The molecule has 0 radical (unpaired) electrons. The van der Waals surface area contributed by atoms with Crippen LogP contribution in [0.1, 0.15) is 28.5 Å². The first-order valence-electron chi connectivity index (χ1n) is 7.65. The molecular weight excluding hydrogens is 307 g/mol. The second-order valence-corrected chi connectivity index (χ2v) is 5.42. The first-order chi connectivity index (χ1) is 11.6. The van der Waals surface area contributed by atoms with Crippen LogP contribution in [-0.2, 0) is 6.42 Å². The van der Waals surface area contributed by atoms with Gasteiger partial charge in [-0.3, -0.25) is 4.79 Å². The van der Waals surface area contributed by atoms with E-state index >= 15 is 0 Å². The number of halogens is 1. The minimum absolute atomic E-state index is 0.265. The van der Waals surface area contributed by atoms with Gasteiger partial charge in [-0.15, -0.1) is 0 Å². The summed E-state index contributed by atoms with van der Waals surface area (Å²) in [6, 6.07) is 9.66. The van der Waals surface area contributed by atoms with Crippen LogP contribution in [-0.4, -0.2) is 20.7 Å². The maximum absolute atomic E-state index is 13.1. The van der Waals surface area contributed by atoms with E-state index in [2.05, 4.69) is 15.4 Å². The minimum atomic E-state index is -0.313. The molecule has 0 aliphatic carbocycles. The molecule has 3 rings (SSSR count). The quantitative estimate of drug-likeness (QED) is 0.798. The number of nitrogens with one attached hydrogen (secondary N) is 1. The lowest BCUT2D eigenvalue weighted by molar-refractivity contribution is 0.102. The molecule has 5 nitrogen and oxygen atoms in total. The third-order valence-corrected chi connectivity index (χ3v) is 3.68. The Morgan fingerprint density at radius 2 is 2.00 bits per heavy atom. The van der Waals surface area contributed by atoms with Crippen LogP contribution >= 0.6 is 0 Å². The van der Waals surface area contributed by atoms with Crippen LogP contribution < -0.4 is 5.32 Å². The highest BCUT2D eigenvalue weighted by atomic mass is 19.1. The molecule has 0 saturated carbocycles. The van der Waals surface area contributed by atoms with E-state index in [-0.39, 0.29) is 11.7 Å². The van der Waals surface area contributed by atoms with Gasteiger partial charge in [0.2, 0.25) is 0 Å². The van der Waals surface area contributed by atoms with Gasteiger partial charge in [0.25, 0.3) is 5.91 Å². The van der Waals surface area contributed by atoms with Crippen molar-refractivity contribution < 1.29 is 9.18 Å². The normalized spacial score (nSPS) is 10.6. The Kier molecular flexibility index (Phi) is 4.37. The van der Waals surface area contributed by atoms with E-state index in [1.165, 1.54) is 18.3 Å². The lowest BCUT2D eigenvalue weighted by Gasteiger charge is -2.08. The number of aryl methyl sites for hydroxylation is 1. The number of anilines is 1. The van der Waals surface area contributed by atoms with Crippen molar-refractivity contribution in [3.63, 3.8) is 0 Å². The van der Waals surface area contributed by atoms with Crippen LogP contribution in [0.4, 0.5) is 10.2 Å². The fourth-order valence-corrected chi connectivity index (χ4v) is 2.50. The fraction of sp³-hybridized carbons (Fsp3) is 0.167. The topological polar surface area (TPSA) is 59.8 Å². The van der Waals surface area contributed by atoms with Crippen LogP contribution in [0.3, 0.4) is 0 Å². The van der Waals surface area contributed by atoms with E-state index in [9.17, 15) is 9.18 Å². The Balaban J connectivity index is 1.91. The summed E-state index contributed by atoms with van der Waals surface area (Å²) < 4.78 is 14.7. The van der Waals surface area contributed by atoms with Crippen molar-refractivity contribution in [1.29, 1.82) is 0 Å². The molecule has 6 heteroatoms. The smallest absolute Gasteiger partial charge is 0.260 e. The van der Waals surface area contributed by atoms with E-state index in [0.717, 1.165) is 11.3 Å². The minimum Gasteiger partial charge on any atom is -0.306 e. The zero-order valence-corrected chi connectivity index (χ0v) is 13.5. The van der Waals surface area contributed by atoms with Crippen molar-refractivity contribution in [3.05, 3.63) is 71.4 Å². The molecule has 0 bridgehead atoms. The van der Waals surface area contributed by atoms with Crippen LogP contribution in [0.15, 0.2) is 48.8 Å². The average Bonchev–Trinajstić information content (AvgIpc) is 2.99. The van der Waals surface area contributed by atoms with E-state index in [4.69, 9.17) is 0 Å². The molecule has 0 atom stereocenters. The number of pyridine rings is 1. The predicted octanol–water partition coefficient (Wildman–Crippen LogP) is 3.53. The van der Waals surface area contributed by atoms with Gasteiger partial charge in [0.15, 0.2) is 0 Å². The zero-order chi connectivity index (χ0) is 17.1. The van der Waals surface area contributed by atoms with Crippen molar-refractivity contribution >= 4 is 11.7 Å². The molecule has 1 N–H and O–H groups in total. The Morgan fingerprint density at radius 3 is 2.67 bits per heavy atom. The third kappa shape index (κ3) is 3.17. The number of nitrogens with zero attached hydrogens (tertiary/aromatic N) is 3. The largest absolute Gasteiger partial charge is 0.306 e. The summed E-state index contributed by atoms with van der Waals surface area (Å²) in [5.41, 5.74) is 2.95. The number of hydrogen-bond acceptors (Lipinski definition) is 3. The molecular formula is C18H17FN4O. The first kappa shape index (κ1) is 15.9. The second-order valence-electron chi connectivity index (χ2n) is 5.42. The summed E-state index contributed by atoms with van der Waals surface area (Å²) in [6.07, 6.45) is 3.78. The van der Waals surface area contributed by atoms with Gasteiger partial charge in [0.1, 0.15) is 11.6 Å². The molecule has 0 aliphatic heterocycles. The molecule has 0 fully saturated rings. The fourth-order valence-electron chi connectivity index (χ4n) is 2.50. The van der Waals surface area contributed by atoms with Crippen LogP contribution in [0.2, 0.25) is 0 Å². The van der Waals surface area contributed by atoms with Crippen molar-refractivity contribution in [2.45, 2.75) is 20.3 Å². The van der Waals surface area contributed by atoms with Gasteiger partial charge in [-0.05, 0) is 55.3 Å². The Labute approximate surface area is 139 Å². The van der Waals surface area contributed by atoms with Gasteiger partial charge >= 0.3 is 0 Å². The van der Waals surface area contributed by atoms with Gasteiger partial charge in [0, 0.05) is 6.20 Å². The number of aromatic nitrogens is 3. The number of carbonyl (C=O) groups is 1. The Bertz CT molecular complexity index is 871. The van der Waals surface area contributed by atoms with Crippen molar-refractivity contribution in [3.8, 4) is 5.69 Å². The summed E-state index contributed by atoms with van der Waals surface area (Å²) >= 11 is 0. The molecule has 0 saturated heterocycles. The number of rotatable bonds is 4. The molecule has 1 amide bonds. The number of carbonyl (C=O) groups excluding carboxylic acids is 1. The summed E-state index contributed by atoms with van der Waals surface area (Å²) in [4.78, 5) is 16.7. The number of amides is 1. The SMILES string of the molecule is CCc1c(C(=O)Nc2cc(C)ccn2)cnn1-c1ccc(F)cc1. The van der Waals surface area contributed by atoms with Gasteiger partial charge < -0.3 is 5.32 Å². The summed E-state index contributed by atoms with van der Waals surface area (Å²) in [5.74, 6) is -0.0812. The molecule has 2 heterocycles.